The van der Waals surface area contributed by atoms with Crippen LogP contribution >= 0.6 is 11.8 Å². The standard InChI is InChI=1S/C6H5N3S/c1-2-7-3-8-6-5(1)10-4-9-6/h1-3H,4H2. The summed E-state index contributed by atoms with van der Waals surface area (Å²) in [5, 5.41) is 0. The average Bonchev–Trinajstić information content (AvgIpc) is 2.28. The van der Waals surface area contributed by atoms with E-state index in [2.05, 4.69) is 15.0 Å². The van der Waals surface area contributed by atoms with Gasteiger partial charge < -0.3 is 0 Å². The minimum Gasteiger partial charge on any atom is -0.254 e. The first-order valence-electron chi connectivity index (χ1n) is 2.90. The molecule has 0 saturated heterocycles. The Balaban J connectivity index is 2.42. The maximum atomic E-state index is 4.15. The Labute approximate surface area is 62.7 Å². The predicted molar refractivity (Wildman–Crippen MR) is 45.0 cm³/mol. The third-order valence-corrected chi connectivity index (χ3v) is 2.10. The maximum absolute atomic E-state index is 4.15. The highest BCUT2D eigenvalue weighted by Crippen LogP contribution is 2.24. The van der Waals surface area contributed by atoms with Crippen molar-refractivity contribution in [2.75, 3.05) is 5.88 Å². The van der Waals surface area contributed by atoms with Crippen molar-refractivity contribution in [2.24, 2.45) is 15.0 Å². The summed E-state index contributed by atoms with van der Waals surface area (Å²) in [5.74, 6) is 1.62. The van der Waals surface area contributed by atoms with E-state index in [1.807, 2.05) is 6.08 Å². The molecule has 0 aromatic heterocycles. The molecule has 0 saturated carbocycles. The smallest absolute Gasteiger partial charge is 0.163 e. The van der Waals surface area contributed by atoms with Crippen molar-refractivity contribution in [3.05, 3.63) is 11.0 Å². The zero-order chi connectivity index (χ0) is 6.81. The number of thioether (sulfide) groups is 1. The minimum atomic E-state index is 0.798. The monoisotopic (exact) mass is 151 g/mol. The van der Waals surface area contributed by atoms with E-state index in [-0.39, 0.29) is 0 Å². The lowest BCUT2D eigenvalue weighted by molar-refractivity contribution is 1.38. The molecule has 4 heteroatoms. The van der Waals surface area contributed by atoms with Crippen molar-refractivity contribution >= 4 is 30.2 Å². The van der Waals surface area contributed by atoms with Crippen molar-refractivity contribution in [1.82, 2.24) is 0 Å². The number of rotatable bonds is 0. The largest absolute Gasteiger partial charge is 0.254 e. The second-order valence-electron chi connectivity index (χ2n) is 1.83. The van der Waals surface area contributed by atoms with Gasteiger partial charge in [-0.2, -0.15) is 0 Å². The molecule has 2 aliphatic rings. The summed E-state index contributed by atoms with van der Waals surface area (Å²) in [4.78, 5) is 13.2. The molecule has 0 aliphatic carbocycles. The van der Waals surface area contributed by atoms with Gasteiger partial charge in [0.25, 0.3) is 0 Å². The SMILES string of the molecule is C1=NC=NC2=NCSC2=C1. The molecule has 3 nitrogen and oxygen atoms in total. The highest BCUT2D eigenvalue weighted by Gasteiger charge is 2.12. The van der Waals surface area contributed by atoms with Crippen LogP contribution in [0.4, 0.5) is 0 Å². The predicted octanol–water partition coefficient (Wildman–Crippen LogP) is 1.09. The zero-order valence-electron chi connectivity index (χ0n) is 5.19. The molecule has 0 aromatic rings. The van der Waals surface area contributed by atoms with Crippen LogP contribution in [0, 0.1) is 0 Å². The van der Waals surface area contributed by atoms with E-state index >= 15 is 0 Å². The van der Waals surface area contributed by atoms with E-state index in [0.29, 0.717) is 0 Å². The molecule has 0 atom stereocenters. The number of allylic oxidation sites excluding steroid dienone is 1. The summed E-state index contributed by atoms with van der Waals surface area (Å²) < 4.78 is 0. The van der Waals surface area contributed by atoms with E-state index in [4.69, 9.17) is 0 Å². The van der Waals surface area contributed by atoms with Crippen molar-refractivity contribution in [1.29, 1.82) is 0 Å². The van der Waals surface area contributed by atoms with Crippen LogP contribution in [0.25, 0.3) is 0 Å². The first-order chi connectivity index (χ1) is 4.97. The van der Waals surface area contributed by atoms with Gasteiger partial charge in [-0.3, -0.25) is 4.99 Å². The van der Waals surface area contributed by atoms with Crippen LogP contribution in [0.3, 0.4) is 0 Å². The molecule has 0 aromatic carbocycles. The van der Waals surface area contributed by atoms with E-state index in [1.165, 1.54) is 6.34 Å². The third kappa shape index (κ3) is 0.903. The molecule has 0 bridgehead atoms. The molecule has 2 rings (SSSR count). The topological polar surface area (TPSA) is 37.1 Å². The quantitative estimate of drug-likeness (QED) is 0.510. The van der Waals surface area contributed by atoms with E-state index in [0.717, 1.165) is 16.6 Å². The molecule has 0 amide bonds. The molecule has 0 fully saturated rings. The maximum Gasteiger partial charge on any atom is 0.163 e. The van der Waals surface area contributed by atoms with Gasteiger partial charge in [-0.25, -0.2) is 9.98 Å². The molecule has 50 valence electrons. The molecular weight excluding hydrogens is 146 g/mol. The molecule has 0 radical (unpaired) electrons. The Hall–Kier alpha value is -0.900. The van der Waals surface area contributed by atoms with E-state index in [1.54, 1.807) is 18.0 Å². The molecule has 2 heterocycles. The Kier molecular flexibility index (Phi) is 1.39. The van der Waals surface area contributed by atoms with Gasteiger partial charge in [-0.1, -0.05) is 11.8 Å². The summed E-state index contributed by atoms with van der Waals surface area (Å²) in [7, 11) is 0. The number of aliphatic imine (C=N–C) groups is 3. The van der Waals surface area contributed by atoms with Gasteiger partial charge in [0.05, 0.1) is 10.8 Å². The molecule has 0 spiro atoms. The molecule has 0 unspecified atom stereocenters. The third-order valence-electron chi connectivity index (χ3n) is 1.21. The fraction of sp³-hybridized carbons (Fsp3) is 0.167. The van der Waals surface area contributed by atoms with Gasteiger partial charge in [-0.15, -0.1) is 0 Å². The normalized spacial score (nSPS) is 21.6. The van der Waals surface area contributed by atoms with Crippen LogP contribution in [0.2, 0.25) is 0 Å². The average molecular weight is 151 g/mol. The molecule has 2 aliphatic heterocycles. The molecular formula is C6H5N3S. The molecule has 10 heavy (non-hydrogen) atoms. The number of amidine groups is 1. The van der Waals surface area contributed by atoms with Crippen LogP contribution in [-0.4, -0.2) is 24.3 Å². The lowest BCUT2D eigenvalue weighted by Gasteiger charge is -1.88. The van der Waals surface area contributed by atoms with Crippen LogP contribution in [0.1, 0.15) is 0 Å². The Morgan fingerprint density at radius 1 is 1.50 bits per heavy atom. The van der Waals surface area contributed by atoms with Crippen LogP contribution in [-0.2, 0) is 0 Å². The van der Waals surface area contributed by atoms with Gasteiger partial charge in [0.1, 0.15) is 6.34 Å². The lowest BCUT2D eigenvalue weighted by Crippen LogP contribution is -1.88. The Morgan fingerprint density at radius 3 is 3.50 bits per heavy atom. The first-order valence-corrected chi connectivity index (χ1v) is 3.89. The van der Waals surface area contributed by atoms with Gasteiger partial charge in [0.2, 0.25) is 0 Å². The van der Waals surface area contributed by atoms with Gasteiger partial charge in [-0.05, 0) is 6.08 Å². The first kappa shape index (κ1) is 5.85. The summed E-state index contributed by atoms with van der Waals surface area (Å²) in [6.45, 7) is 0. The van der Waals surface area contributed by atoms with Crippen LogP contribution in [0.5, 0.6) is 0 Å². The van der Waals surface area contributed by atoms with Crippen LogP contribution < -0.4 is 0 Å². The summed E-state index contributed by atoms with van der Waals surface area (Å²) in [6.07, 6.45) is 5.19. The fourth-order valence-electron chi connectivity index (χ4n) is 0.770. The number of fused-ring (bicyclic) bond motifs is 1. The van der Waals surface area contributed by atoms with E-state index < -0.39 is 0 Å². The van der Waals surface area contributed by atoms with E-state index in [9.17, 15) is 0 Å². The van der Waals surface area contributed by atoms with Gasteiger partial charge >= 0.3 is 0 Å². The number of hydrogen-bond donors (Lipinski definition) is 0. The van der Waals surface area contributed by atoms with Crippen LogP contribution in [0.15, 0.2) is 26.0 Å². The summed E-state index contributed by atoms with van der Waals surface area (Å²) >= 11 is 1.69. The number of nitrogens with zero attached hydrogens (tertiary/aromatic N) is 3. The van der Waals surface area contributed by atoms with Gasteiger partial charge in [0.15, 0.2) is 5.84 Å². The van der Waals surface area contributed by atoms with Crippen molar-refractivity contribution in [2.45, 2.75) is 0 Å². The second kappa shape index (κ2) is 2.38. The fourth-order valence-corrected chi connectivity index (χ4v) is 1.50. The van der Waals surface area contributed by atoms with Crippen molar-refractivity contribution in [3.8, 4) is 0 Å². The molecule has 0 N–H and O–H groups in total. The Morgan fingerprint density at radius 2 is 2.50 bits per heavy atom. The van der Waals surface area contributed by atoms with Crippen molar-refractivity contribution < 1.29 is 0 Å². The minimum absolute atomic E-state index is 0.798. The highest BCUT2D eigenvalue weighted by atomic mass is 32.2. The highest BCUT2D eigenvalue weighted by molar-refractivity contribution is 8.04. The summed E-state index contributed by atoms with van der Waals surface area (Å²) in [5.41, 5.74) is 0. The zero-order valence-corrected chi connectivity index (χ0v) is 6.01. The number of hydrogen-bond acceptors (Lipinski definition) is 4. The summed E-state index contributed by atoms with van der Waals surface area (Å²) in [6, 6.07) is 0. The van der Waals surface area contributed by atoms with Gasteiger partial charge in [0, 0.05) is 6.21 Å². The lowest BCUT2D eigenvalue weighted by atomic mass is 10.5. The van der Waals surface area contributed by atoms with Crippen molar-refractivity contribution in [3.63, 3.8) is 0 Å². The second-order valence-corrected chi connectivity index (χ2v) is 2.82. The Bertz CT molecular complexity index is 262.